The molecule has 0 saturated carbocycles. The lowest BCUT2D eigenvalue weighted by atomic mass is 9.92. The van der Waals surface area contributed by atoms with E-state index in [0.717, 1.165) is 16.6 Å². The highest BCUT2D eigenvalue weighted by Crippen LogP contribution is 2.40. The van der Waals surface area contributed by atoms with Gasteiger partial charge in [-0.15, -0.1) is 0 Å². The second kappa shape index (κ2) is 7.27. The van der Waals surface area contributed by atoms with Crippen molar-refractivity contribution < 1.29 is 8.60 Å². The van der Waals surface area contributed by atoms with Crippen molar-refractivity contribution in [2.75, 3.05) is 18.2 Å². The summed E-state index contributed by atoms with van der Waals surface area (Å²) in [6.07, 6.45) is 5.72. The summed E-state index contributed by atoms with van der Waals surface area (Å²) < 4.78 is 30.1. The number of nitrogens with zero attached hydrogens (tertiary/aromatic N) is 3. The number of anilines is 1. The maximum Gasteiger partial charge on any atom is 0.212 e. The monoisotopic (exact) mass is 399 g/mol. The summed E-state index contributed by atoms with van der Waals surface area (Å²) in [6, 6.07) is 6.42. The molecular formula is C20H22FN5OS. The average molecular weight is 399 g/mol. The molecule has 2 aromatic heterocycles. The van der Waals surface area contributed by atoms with Crippen LogP contribution in [0.4, 0.5) is 15.9 Å². The van der Waals surface area contributed by atoms with E-state index >= 15 is 0 Å². The Morgan fingerprint density at radius 1 is 1.25 bits per heavy atom. The number of pyridine rings is 2. The van der Waals surface area contributed by atoms with E-state index in [2.05, 4.69) is 9.35 Å². The summed E-state index contributed by atoms with van der Waals surface area (Å²) in [5, 5.41) is 9.03. The topological polar surface area (TPSA) is 105 Å². The molecule has 0 amide bonds. The highest BCUT2D eigenvalue weighted by atomic mass is 32.2. The number of aromatic nitrogens is 2. The van der Waals surface area contributed by atoms with Crippen LogP contribution in [0.5, 0.6) is 0 Å². The smallest absolute Gasteiger partial charge is 0.212 e. The molecule has 0 aliphatic heterocycles. The molecule has 0 spiro atoms. The van der Waals surface area contributed by atoms with Gasteiger partial charge in [0.2, 0.25) is 5.95 Å². The highest BCUT2D eigenvalue weighted by molar-refractivity contribution is 7.92. The number of hydrogen-bond acceptors (Lipinski definition) is 6. The SMILES string of the molecule is CC(C)c1nc(N=S(C)(C)=O)c2cc(N)c(C=N)cc2c1-c1ccc(F)nc1. The fraction of sp³-hybridized carbons (Fsp3) is 0.250. The van der Waals surface area contributed by atoms with Gasteiger partial charge in [0.1, 0.15) is 0 Å². The van der Waals surface area contributed by atoms with E-state index in [1.165, 1.54) is 18.5 Å². The zero-order valence-electron chi connectivity index (χ0n) is 16.2. The maximum absolute atomic E-state index is 13.4. The van der Waals surface area contributed by atoms with Gasteiger partial charge >= 0.3 is 0 Å². The molecule has 6 nitrogen and oxygen atoms in total. The van der Waals surface area contributed by atoms with Crippen molar-refractivity contribution in [3.05, 3.63) is 47.7 Å². The molecule has 28 heavy (non-hydrogen) atoms. The van der Waals surface area contributed by atoms with Crippen LogP contribution in [0.3, 0.4) is 0 Å². The molecular weight excluding hydrogens is 377 g/mol. The minimum atomic E-state index is -2.46. The molecule has 0 radical (unpaired) electrons. The summed E-state index contributed by atoms with van der Waals surface area (Å²) in [4.78, 5) is 8.47. The largest absolute Gasteiger partial charge is 0.398 e. The van der Waals surface area contributed by atoms with Crippen molar-refractivity contribution in [2.24, 2.45) is 4.36 Å². The lowest BCUT2D eigenvalue weighted by molar-refractivity contribution is 0.584. The predicted molar refractivity (Wildman–Crippen MR) is 113 cm³/mol. The van der Waals surface area contributed by atoms with Crippen LogP contribution in [0.25, 0.3) is 21.9 Å². The first-order valence-corrected chi connectivity index (χ1v) is 11.0. The number of nitrogen functional groups attached to an aromatic ring is 1. The van der Waals surface area contributed by atoms with Gasteiger partial charge < -0.3 is 11.1 Å². The minimum absolute atomic E-state index is 0.0177. The number of rotatable bonds is 4. The molecule has 0 unspecified atom stereocenters. The van der Waals surface area contributed by atoms with Gasteiger partial charge in [-0.3, -0.25) is 0 Å². The summed E-state index contributed by atoms with van der Waals surface area (Å²) in [6.45, 7) is 3.98. The molecule has 3 N–H and O–H groups in total. The highest BCUT2D eigenvalue weighted by Gasteiger charge is 2.20. The van der Waals surface area contributed by atoms with Crippen molar-refractivity contribution in [2.45, 2.75) is 19.8 Å². The summed E-state index contributed by atoms with van der Waals surface area (Å²) in [7, 11) is -2.46. The van der Waals surface area contributed by atoms with Crippen LogP contribution in [-0.4, -0.2) is 32.9 Å². The molecule has 0 aliphatic carbocycles. The molecule has 0 fully saturated rings. The molecule has 0 bridgehead atoms. The molecule has 8 heteroatoms. The average Bonchev–Trinajstić information content (AvgIpc) is 2.61. The van der Waals surface area contributed by atoms with E-state index in [0.29, 0.717) is 28.0 Å². The van der Waals surface area contributed by atoms with Crippen molar-refractivity contribution >= 4 is 38.2 Å². The Labute approximate surface area is 163 Å². The fourth-order valence-corrected chi connectivity index (χ4v) is 3.60. The number of nitrogens with one attached hydrogen (secondary N) is 1. The third-order valence-corrected chi connectivity index (χ3v) is 4.85. The number of halogens is 1. The number of fused-ring (bicyclic) bond motifs is 1. The van der Waals surface area contributed by atoms with E-state index in [-0.39, 0.29) is 5.92 Å². The third-order valence-electron chi connectivity index (χ3n) is 4.24. The van der Waals surface area contributed by atoms with E-state index < -0.39 is 15.7 Å². The van der Waals surface area contributed by atoms with E-state index in [1.807, 2.05) is 13.8 Å². The zero-order chi connectivity index (χ0) is 20.6. The Morgan fingerprint density at radius 3 is 2.50 bits per heavy atom. The van der Waals surface area contributed by atoms with Crippen molar-refractivity contribution in [1.29, 1.82) is 5.41 Å². The Balaban J connectivity index is 2.55. The molecule has 3 aromatic rings. The normalized spacial score (nSPS) is 11.8. The minimum Gasteiger partial charge on any atom is -0.398 e. The standard InChI is InChI=1S/C20H22FN5OS/c1-11(2)19-18(12-5-6-17(21)24-10-12)14-7-13(9-22)16(23)8-15(14)20(25-19)26-28(3,4)27/h5-11,22H,23H2,1-4H3. The number of nitrogens with two attached hydrogens (primary N) is 1. The Hall–Kier alpha value is -2.87. The third kappa shape index (κ3) is 3.87. The number of hydrogen-bond donors (Lipinski definition) is 2. The molecule has 2 heterocycles. The summed E-state index contributed by atoms with van der Waals surface area (Å²) in [5.41, 5.74) is 9.23. The van der Waals surface area contributed by atoms with Gasteiger partial charge in [-0.2, -0.15) is 8.75 Å². The second-order valence-electron chi connectivity index (χ2n) is 7.16. The maximum atomic E-state index is 13.4. The first kappa shape index (κ1) is 19.9. The lowest BCUT2D eigenvalue weighted by Gasteiger charge is -2.18. The molecule has 0 saturated heterocycles. The van der Waals surface area contributed by atoms with Gasteiger partial charge in [0.25, 0.3) is 0 Å². The lowest BCUT2D eigenvalue weighted by Crippen LogP contribution is -2.02. The van der Waals surface area contributed by atoms with Crippen LogP contribution in [0.15, 0.2) is 34.8 Å². The van der Waals surface area contributed by atoms with Crippen LogP contribution in [0.2, 0.25) is 0 Å². The Bertz CT molecular complexity index is 1190. The molecule has 0 aliphatic rings. The van der Waals surface area contributed by atoms with Gasteiger partial charge in [0, 0.05) is 62.4 Å². The van der Waals surface area contributed by atoms with Gasteiger partial charge in [0.05, 0.1) is 5.69 Å². The zero-order valence-corrected chi connectivity index (χ0v) is 17.0. The Kier molecular flexibility index (Phi) is 5.16. The van der Waals surface area contributed by atoms with Gasteiger partial charge in [-0.05, 0) is 35.6 Å². The van der Waals surface area contributed by atoms with Gasteiger partial charge in [0.15, 0.2) is 5.82 Å². The van der Waals surface area contributed by atoms with Crippen LogP contribution < -0.4 is 5.73 Å². The predicted octanol–water partition coefficient (Wildman–Crippen LogP) is 4.50. The number of benzene rings is 1. The first-order valence-electron chi connectivity index (χ1n) is 8.67. The quantitative estimate of drug-likeness (QED) is 0.383. The molecule has 3 rings (SSSR count). The van der Waals surface area contributed by atoms with Crippen LogP contribution >= 0.6 is 0 Å². The molecule has 0 atom stereocenters. The molecule has 146 valence electrons. The van der Waals surface area contributed by atoms with Crippen LogP contribution in [-0.2, 0) is 9.73 Å². The Morgan fingerprint density at radius 2 is 1.96 bits per heavy atom. The summed E-state index contributed by atoms with van der Waals surface area (Å²) in [5.74, 6) is -0.209. The van der Waals surface area contributed by atoms with E-state index in [1.54, 1.807) is 30.7 Å². The first-order chi connectivity index (χ1) is 13.1. The van der Waals surface area contributed by atoms with Crippen molar-refractivity contribution in [3.8, 4) is 11.1 Å². The van der Waals surface area contributed by atoms with Crippen LogP contribution in [0.1, 0.15) is 31.0 Å². The van der Waals surface area contributed by atoms with Crippen LogP contribution in [0, 0.1) is 11.4 Å². The van der Waals surface area contributed by atoms with Gasteiger partial charge in [-0.25, -0.2) is 14.2 Å². The summed E-state index contributed by atoms with van der Waals surface area (Å²) >= 11 is 0. The van der Waals surface area contributed by atoms with Crippen molar-refractivity contribution in [3.63, 3.8) is 0 Å². The second-order valence-corrected chi connectivity index (χ2v) is 9.71. The fourth-order valence-electron chi connectivity index (χ4n) is 3.04. The van der Waals surface area contributed by atoms with Crippen molar-refractivity contribution in [1.82, 2.24) is 9.97 Å². The van der Waals surface area contributed by atoms with E-state index in [9.17, 15) is 8.60 Å². The van der Waals surface area contributed by atoms with Gasteiger partial charge in [-0.1, -0.05) is 13.8 Å². The van der Waals surface area contributed by atoms with E-state index in [4.69, 9.17) is 16.1 Å². The molecule has 1 aromatic carbocycles.